The Balaban J connectivity index is 2.60. The van der Waals surface area contributed by atoms with Crippen molar-refractivity contribution in [2.75, 3.05) is 26.4 Å². The van der Waals surface area contributed by atoms with Crippen molar-refractivity contribution >= 4 is 15.9 Å². The Bertz CT molecular complexity index is 527. The summed E-state index contributed by atoms with van der Waals surface area (Å²) in [5.41, 5.74) is 1.04. The van der Waals surface area contributed by atoms with E-state index >= 15 is 0 Å². The molecule has 0 heterocycles. The zero-order chi connectivity index (χ0) is 15.2. The van der Waals surface area contributed by atoms with Gasteiger partial charge in [-0.3, -0.25) is 4.79 Å². The largest absolute Gasteiger partial charge is 0.339 e. The molecule has 0 aliphatic rings. The Morgan fingerprint density at radius 3 is 2.25 bits per heavy atom. The van der Waals surface area contributed by atoms with Crippen LogP contribution in [0.2, 0.25) is 0 Å². The van der Waals surface area contributed by atoms with E-state index in [9.17, 15) is 13.2 Å². The number of hydrogen-bond donors (Lipinski definition) is 0. The topological polar surface area (TPSA) is 57.7 Å². The zero-order valence-electron chi connectivity index (χ0n) is 12.2. The third-order valence-electron chi connectivity index (χ3n) is 3.08. The van der Waals surface area contributed by atoms with Crippen LogP contribution in [0, 0.1) is 0 Å². The molecule has 0 N–H and O–H groups in total. The molecule has 0 atom stereocenters. The summed E-state index contributed by atoms with van der Waals surface area (Å²) in [5.74, 6) is -0.286. The van der Waals surface area contributed by atoms with Crippen LogP contribution < -0.4 is 0 Å². The molecule has 0 unspecified atom stereocenters. The lowest BCUT2D eigenvalue weighted by molar-refractivity contribution is -0.131. The number of carbonyl (C=O) groups excluding carboxylic acids is 1. The van der Waals surface area contributed by atoms with E-state index in [0.29, 0.717) is 13.1 Å². The Kier molecular flexibility index (Phi) is 6.16. The Labute approximate surface area is 121 Å². The number of hydrogen-bond acceptors (Lipinski definition) is 3. The van der Waals surface area contributed by atoms with Crippen molar-refractivity contribution in [2.24, 2.45) is 0 Å². The predicted octanol–water partition coefficient (Wildman–Crippen LogP) is 1.32. The fourth-order valence-corrected chi connectivity index (χ4v) is 2.53. The van der Waals surface area contributed by atoms with E-state index in [1.165, 1.54) is 14.1 Å². The summed E-state index contributed by atoms with van der Waals surface area (Å²) < 4.78 is 24.5. The molecule has 0 aliphatic carbocycles. The van der Waals surface area contributed by atoms with E-state index in [2.05, 4.69) is 0 Å². The van der Waals surface area contributed by atoms with Gasteiger partial charge in [-0.1, -0.05) is 30.3 Å². The second-order valence-electron chi connectivity index (χ2n) is 4.74. The molecule has 1 rings (SSSR count). The first-order valence-electron chi connectivity index (χ1n) is 6.58. The average Bonchev–Trinajstić information content (AvgIpc) is 2.43. The van der Waals surface area contributed by atoms with Crippen molar-refractivity contribution in [3.05, 3.63) is 35.9 Å². The van der Waals surface area contributed by atoms with Gasteiger partial charge in [-0.25, -0.2) is 12.7 Å². The molecule has 1 amide bonds. The lowest BCUT2D eigenvalue weighted by Gasteiger charge is -2.21. The second-order valence-corrected chi connectivity index (χ2v) is 7.04. The van der Waals surface area contributed by atoms with E-state index in [-0.39, 0.29) is 18.1 Å². The van der Waals surface area contributed by atoms with E-state index in [1.54, 1.807) is 4.90 Å². The van der Waals surface area contributed by atoms with Gasteiger partial charge in [0.25, 0.3) is 0 Å². The van der Waals surface area contributed by atoms with Crippen molar-refractivity contribution < 1.29 is 13.2 Å². The summed E-state index contributed by atoms with van der Waals surface area (Å²) in [6.07, 6.45) is 0.0151. The molecule has 1 aromatic rings. The summed E-state index contributed by atoms with van der Waals surface area (Å²) in [4.78, 5) is 13.8. The number of amides is 1. The van der Waals surface area contributed by atoms with Crippen LogP contribution in [0.4, 0.5) is 0 Å². The van der Waals surface area contributed by atoms with Crippen LogP contribution in [0.5, 0.6) is 0 Å². The molecule has 0 spiro atoms. The van der Waals surface area contributed by atoms with Crippen LogP contribution in [0.1, 0.15) is 18.9 Å². The number of sulfonamides is 1. The second kappa shape index (κ2) is 7.40. The van der Waals surface area contributed by atoms with Gasteiger partial charge in [0, 0.05) is 33.6 Å². The standard InChI is InChI=1S/C14H22N2O3S/c1-4-16(12-13-8-6-5-7-9-13)14(17)10-11-20(18,19)15(2)3/h5-9H,4,10-12H2,1-3H3. The van der Waals surface area contributed by atoms with Crippen molar-refractivity contribution in [2.45, 2.75) is 19.9 Å². The number of nitrogens with zero attached hydrogens (tertiary/aromatic N) is 2. The fourth-order valence-electron chi connectivity index (χ4n) is 1.74. The minimum absolute atomic E-state index is 0.0151. The highest BCUT2D eigenvalue weighted by atomic mass is 32.2. The molecule has 5 nitrogen and oxygen atoms in total. The van der Waals surface area contributed by atoms with Crippen LogP contribution in [-0.4, -0.2) is 49.9 Å². The third kappa shape index (κ3) is 4.94. The van der Waals surface area contributed by atoms with Crippen molar-refractivity contribution in [1.29, 1.82) is 0 Å². The zero-order valence-corrected chi connectivity index (χ0v) is 13.1. The molecular formula is C14H22N2O3S. The first-order valence-corrected chi connectivity index (χ1v) is 8.19. The summed E-state index contributed by atoms with van der Waals surface area (Å²) in [5, 5.41) is 0. The van der Waals surface area contributed by atoms with Gasteiger partial charge in [0.1, 0.15) is 0 Å². The molecule has 0 aromatic heterocycles. The lowest BCUT2D eigenvalue weighted by atomic mass is 10.2. The van der Waals surface area contributed by atoms with E-state index in [0.717, 1.165) is 9.87 Å². The van der Waals surface area contributed by atoms with Gasteiger partial charge < -0.3 is 4.90 Å². The number of carbonyl (C=O) groups is 1. The smallest absolute Gasteiger partial charge is 0.223 e. The molecule has 20 heavy (non-hydrogen) atoms. The van der Waals surface area contributed by atoms with Gasteiger partial charge in [-0.2, -0.15) is 0 Å². The van der Waals surface area contributed by atoms with Gasteiger partial charge in [-0.05, 0) is 12.5 Å². The van der Waals surface area contributed by atoms with E-state index in [4.69, 9.17) is 0 Å². The maximum absolute atomic E-state index is 12.1. The van der Waals surface area contributed by atoms with Crippen molar-refractivity contribution in [3.63, 3.8) is 0 Å². The normalized spacial score (nSPS) is 11.6. The van der Waals surface area contributed by atoms with Gasteiger partial charge in [-0.15, -0.1) is 0 Å². The van der Waals surface area contributed by atoms with E-state index in [1.807, 2.05) is 37.3 Å². The molecule has 0 bridgehead atoms. The average molecular weight is 298 g/mol. The molecule has 112 valence electrons. The molecule has 0 radical (unpaired) electrons. The van der Waals surface area contributed by atoms with Crippen LogP contribution in [0.15, 0.2) is 30.3 Å². The quantitative estimate of drug-likeness (QED) is 0.763. The monoisotopic (exact) mass is 298 g/mol. The van der Waals surface area contributed by atoms with Crippen LogP contribution in [-0.2, 0) is 21.4 Å². The third-order valence-corrected chi connectivity index (χ3v) is 4.91. The van der Waals surface area contributed by atoms with Gasteiger partial charge in [0.2, 0.25) is 15.9 Å². The van der Waals surface area contributed by atoms with Crippen molar-refractivity contribution in [1.82, 2.24) is 9.21 Å². The Morgan fingerprint density at radius 1 is 1.15 bits per heavy atom. The molecule has 0 saturated carbocycles. The summed E-state index contributed by atoms with van der Waals surface area (Å²) >= 11 is 0. The number of rotatable bonds is 7. The highest BCUT2D eigenvalue weighted by Crippen LogP contribution is 2.07. The minimum atomic E-state index is -3.32. The molecule has 0 fully saturated rings. The van der Waals surface area contributed by atoms with Crippen LogP contribution >= 0.6 is 0 Å². The lowest BCUT2D eigenvalue weighted by Crippen LogP contribution is -2.33. The molecule has 0 saturated heterocycles. The maximum Gasteiger partial charge on any atom is 0.223 e. The molecular weight excluding hydrogens is 276 g/mol. The summed E-state index contributed by atoms with van der Waals surface area (Å²) in [6.45, 7) is 2.97. The van der Waals surface area contributed by atoms with Gasteiger partial charge in [0.05, 0.1) is 5.75 Å². The highest BCUT2D eigenvalue weighted by Gasteiger charge is 2.18. The SMILES string of the molecule is CCN(Cc1ccccc1)C(=O)CCS(=O)(=O)N(C)C. The summed E-state index contributed by atoms with van der Waals surface area (Å²) in [7, 11) is -0.375. The first-order chi connectivity index (χ1) is 9.36. The molecule has 1 aromatic carbocycles. The van der Waals surface area contributed by atoms with Gasteiger partial charge >= 0.3 is 0 Å². The highest BCUT2D eigenvalue weighted by molar-refractivity contribution is 7.89. The fraction of sp³-hybridized carbons (Fsp3) is 0.500. The Morgan fingerprint density at radius 2 is 1.75 bits per heavy atom. The van der Waals surface area contributed by atoms with Crippen molar-refractivity contribution in [3.8, 4) is 0 Å². The Hall–Kier alpha value is -1.40. The van der Waals surface area contributed by atoms with Crippen LogP contribution in [0.3, 0.4) is 0 Å². The molecule has 6 heteroatoms. The minimum Gasteiger partial charge on any atom is -0.339 e. The van der Waals surface area contributed by atoms with Crippen LogP contribution in [0.25, 0.3) is 0 Å². The maximum atomic E-state index is 12.1. The predicted molar refractivity (Wildman–Crippen MR) is 79.6 cm³/mol. The number of benzene rings is 1. The van der Waals surface area contributed by atoms with E-state index < -0.39 is 10.0 Å². The first kappa shape index (κ1) is 16.7. The molecule has 0 aliphatic heterocycles. The van der Waals surface area contributed by atoms with Gasteiger partial charge in [0.15, 0.2) is 0 Å². The summed E-state index contributed by atoms with van der Waals surface area (Å²) in [6, 6.07) is 9.67.